The second-order valence-corrected chi connectivity index (χ2v) is 2.70. The van der Waals surface area contributed by atoms with Gasteiger partial charge in [0, 0.05) is 0 Å². The minimum absolute atomic E-state index is 1.09. The van der Waals surface area contributed by atoms with E-state index < -0.39 is 0 Å². The van der Waals surface area contributed by atoms with Gasteiger partial charge in [0.05, 0.1) is 0 Å². The van der Waals surface area contributed by atoms with E-state index in [4.69, 9.17) is 0 Å². The van der Waals surface area contributed by atoms with Crippen molar-refractivity contribution in [3.8, 4) is 0 Å². The molecular weight excluding hydrogens is 120 g/mol. The van der Waals surface area contributed by atoms with E-state index in [2.05, 4.69) is 37.3 Å². The van der Waals surface area contributed by atoms with E-state index in [9.17, 15) is 0 Å². The monoisotopic (exact) mass is 129 g/mol. The van der Waals surface area contributed by atoms with Gasteiger partial charge in [0.25, 0.3) is 0 Å². The maximum atomic E-state index is 3.19. The normalized spacial score (nSPS) is 13.7. The van der Waals surface area contributed by atoms with Gasteiger partial charge >= 0.3 is 0 Å². The fourth-order valence-corrected chi connectivity index (χ4v) is 1.30. The summed E-state index contributed by atoms with van der Waals surface area (Å²) in [5.41, 5.74) is 4.01. The van der Waals surface area contributed by atoms with Gasteiger partial charge in [-0.15, -0.1) is 0 Å². The lowest BCUT2D eigenvalue weighted by Gasteiger charge is -1.97. The molecule has 2 rings (SSSR count). The topological polar surface area (TPSA) is 0 Å². The highest BCUT2D eigenvalue weighted by molar-refractivity contribution is 5.60. The van der Waals surface area contributed by atoms with Gasteiger partial charge in [-0.05, 0) is 42.2 Å². The van der Waals surface area contributed by atoms with Crippen LogP contribution in [0.5, 0.6) is 0 Å². The van der Waals surface area contributed by atoms with Crippen molar-refractivity contribution in [2.75, 3.05) is 0 Å². The van der Waals surface area contributed by atoms with Crippen LogP contribution in [-0.2, 0) is 6.42 Å². The fraction of sp³-hybridized carbons (Fsp3) is 0.200. The third-order valence-electron chi connectivity index (χ3n) is 1.85. The molecule has 0 aromatic heterocycles. The zero-order valence-corrected chi connectivity index (χ0v) is 6.02. The summed E-state index contributed by atoms with van der Waals surface area (Å²) in [5, 5.41) is 0. The van der Waals surface area contributed by atoms with Crippen LogP contribution in [0, 0.1) is 13.0 Å². The predicted octanol–water partition coefficient (Wildman–Crippen LogP) is 2.36. The highest BCUT2D eigenvalue weighted by Gasteiger charge is 2.02. The second kappa shape index (κ2) is 1.98. The number of benzene rings is 1. The van der Waals surface area contributed by atoms with Gasteiger partial charge < -0.3 is 0 Å². The van der Waals surface area contributed by atoms with Crippen LogP contribution in [0.3, 0.4) is 0 Å². The average Bonchev–Trinajstić information content (AvgIpc) is 2.33. The first-order chi connectivity index (χ1) is 4.86. The highest BCUT2D eigenvalue weighted by atomic mass is 14.1. The third-order valence-corrected chi connectivity index (χ3v) is 1.85. The molecule has 0 heterocycles. The van der Waals surface area contributed by atoms with Gasteiger partial charge in [0.15, 0.2) is 0 Å². The standard InChI is InChI=1S/C10H9/c1-8-5-6-9-3-2-4-10(9)7-8/h2,4,6-7H,3H2,1H3. The summed E-state index contributed by atoms with van der Waals surface area (Å²) in [6.45, 7) is 2.08. The van der Waals surface area contributed by atoms with E-state index >= 15 is 0 Å². The first-order valence-electron chi connectivity index (χ1n) is 3.54. The summed E-state index contributed by atoms with van der Waals surface area (Å²) in [7, 11) is 0. The number of fused-ring (bicyclic) bond motifs is 1. The first kappa shape index (κ1) is 5.72. The Labute approximate surface area is 61.2 Å². The Bertz CT molecular complexity index is 282. The molecule has 1 aromatic rings. The summed E-state index contributed by atoms with van der Waals surface area (Å²) in [6.07, 6.45) is 5.46. The smallest absolute Gasteiger partial charge is 0.00880 e. The van der Waals surface area contributed by atoms with Crippen molar-refractivity contribution in [1.29, 1.82) is 0 Å². The third kappa shape index (κ3) is 0.766. The zero-order chi connectivity index (χ0) is 6.97. The molecule has 0 unspecified atom stereocenters. The van der Waals surface area contributed by atoms with Gasteiger partial charge in [-0.25, -0.2) is 0 Å². The summed E-state index contributed by atoms with van der Waals surface area (Å²) in [5.74, 6) is 0. The van der Waals surface area contributed by atoms with Gasteiger partial charge in [-0.2, -0.15) is 0 Å². The average molecular weight is 129 g/mol. The molecule has 0 heteroatoms. The van der Waals surface area contributed by atoms with E-state index in [0.717, 1.165) is 6.42 Å². The Morgan fingerprint density at radius 1 is 1.50 bits per heavy atom. The molecule has 1 radical (unpaired) electrons. The zero-order valence-electron chi connectivity index (χ0n) is 6.02. The molecule has 10 heavy (non-hydrogen) atoms. The van der Waals surface area contributed by atoms with E-state index in [1.807, 2.05) is 0 Å². The minimum atomic E-state index is 1.09. The molecule has 49 valence electrons. The molecule has 0 saturated heterocycles. The predicted molar refractivity (Wildman–Crippen MR) is 42.8 cm³/mol. The summed E-state index contributed by atoms with van der Waals surface area (Å²) in [6, 6.07) is 7.46. The van der Waals surface area contributed by atoms with Crippen molar-refractivity contribution < 1.29 is 0 Å². The van der Waals surface area contributed by atoms with Crippen molar-refractivity contribution in [3.05, 3.63) is 41.0 Å². The number of aryl methyl sites for hydroxylation is 1. The van der Waals surface area contributed by atoms with Crippen LogP contribution in [-0.4, -0.2) is 0 Å². The lowest BCUT2D eigenvalue weighted by Crippen LogP contribution is -1.81. The summed E-state index contributed by atoms with van der Waals surface area (Å²) < 4.78 is 0. The van der Waals surface area contributed by atoms with Gasteiger partial charge in [0.2, 0.25) is 0 Å². The van der Waals surface area contributed by atoms with Crippen LogP contribution in [0.2, 0.25) is 0 Å². The molecule has 1 aliphatic carbocycles. The Balaban J connectivity index is 2.60. The number of allylic oxidation sites excluding steroid dienone is 1. The SMILES string of the molecule is Cc1[c]cc2c(c1)C=CC2. The summed E-state index contributed by atoms with van der Waals surface area (Å²) >= 11 is 0. The van der Waals surface area contributed by atoms with Gasteiger partial charge in [0.1, 0.15) is 0 Å². The molecule has 0 N–H and O–H groups in total. The maximum Gasteiger partial charge on any atom is -0.00880 e. The molecule has 0 amide bonds. The van der Waals surface area contributed by atoms with Crippen molar-refractivity contribution in [2.45, 2.75) is 13.3 Å². The van der Waals surface area contributed by atoms with E-state index in [1.54, 1.807) is 0 Å². The molecule has 0 atom stereocenters. The molecule has 0 nitrogen and oxygen atoms in total. The minimum Gasteiger partial charge on any atom is -0.0795 e. The number of hydrogen-bond acceptors (Lipinski definition) is 0. The quantitative estimate of drug-likeness (QED) is 0.504. The Morgan fingerprint density at radius 3 is 3.30 bits per heavy atom. The second-order valence-electron chi connectivity index (χ2n) is 2.70. The first-order valence-corrected chi connectivity index (χ1v) is 3.54. The largest absolute Gasteiger partial charge is 0.0795 e. The van der Waals surface area contributed by atoms with E-state index in [0.29, 0.717) is 0 Å². The van der Waals surface area contributed by atoms with Gasteiger partial charge in [-0.3, -0.25) is 0 Å². The fourth-order valence-electron chi connectivity index (χ4n) is 1.30. The molecule has 0 spiro atoms. The van der Waals surface area contributed by atoms with Crippen LogP contribution in [0.4, 0.5) is 0 Å². The van der Waals surface area contributed by atoms with E-state index in [1.165, 1.54) is 16.7 Å². The van der Waals surface area contributed by atoms with Crippen molar-refractivity contribution in [3.63, 3.8) is 0 Å². The van der Waals surface area contributed by atoms with Crippen LogP contribution in [0.25, 0.3) is 6.08 Å². The Morgan fingerprint density at radius 2 is 2.40 bits per heavy atom. The summed E-state index contributed by atoms with van der Waals surface area (Å²) in [4.78, 5) is 0. The number of rotatable bonds is 0. The van der Waals surface area contributed by atoms with Crippen LogP contribution < -0.4 is 0 Å². The van der Waals surface area contributed by atoms with Crippen LogP contribution in [0.1, 0.15) is 16.7 Å². The lowest BCUT2D eigenvalue weighted by molar-refractivity contribution is 1.29. The number of hydrogen-bond donors (Lipinski definition) is 0. The highest BCUT2D eigenvalue weighted by Crippen LogP contribution is 2.19. The Kier molecular flexibility index (Phi) is 1.13. The molecular formula is C10H9. The Hall–Kier alpha value is -1.04. The molecule has 0 fully saturated rings. The van der Waals surface area contributed by atoms with Crippen LogP contribution >= 0.6 is 0 Å². The van der Waals surface area contributed by atoms with Crippen molar-refractivity contribution in [2.24, 2.45) is 0 Å². The van der Waals surface area contributed by atoms with E-state index in [-0.39, 0.29) is 0 Å². The molecule has 1 aromatic carbocycles. The lowest BCUT2D eigenvalue weighted by atomic mass is 10.1. The van der Waals surface area contributed by atoms with Gasteiger partial charge in [-0.1, -0.05) is 18.2 Å². The molecule has 0 saturated carbocycles. The van der Waals surface area contributed by atoms with Crippen molar-refractivity contribution >= 4 is 6.08 Å². The van der Waals surface area contributed by atoms with Crippen LogP contribution in [0.15, 0.2) is 18.2 Å². The molecule has 0 bridgehead atoms. The molecule has 1 aliphatic rings. The maximum absolute atomic E-state index is 3.19. The molecule has 0 aliphatic heterocycles. The van der Waals surface area contributed by atoms with Crippen molar-refractivity contribution in [1.82, 2.24) is 0 Å².